The fraction of sp³-hybridized carbons (Fsp3) is 0.591. The monoisotopic (exact) mass is 427 g/mol. The molecule has 1 aromatic carbocycles. The summed E-state index contributed by atoms with van der Waals surface area (Å²) >= 11 is 1.36. The Balaban J connectivity index is 1.41. The van der Waals surface area contributed by atoms with Gasteiger partial charge in [-0.25, -0.2) is 4.68 Å². The smallest absolute Gasteiger partial charge is 0.233 e. The van der Waals surface area contributed by atoms with Crippen LogP contribution in [0.1, 0.15) is 44.1 Å². The Labute approximate surface area is 181 Å². The number of hydrogen-bond donors (Lipinski definition) is 1. The molecule has 1 aromatic heterocycles. The van der Waals surface area contributed by atoms with Crippen LogP contribution in [-0.2, 0) is 11.3 Å². The van der Waals surface area contributed by atoms with Gasteiger partial charge in [-0.1, -0.05) is 23.9 Å². The van der Waals surface area contributed by atoms with Gasteiger partial charge in [0.15, 0.2) is 0 Å². The van der Waals surface area contributed by atoms with Gasteiger partial charge in [-0.15, -0.1) is 10.2 Å². The van der Waals surface area contributed by atoms with Crippen LogP contribution in [0.5, 0.6) is 5.75 Å². The van der Waals surface area contributed by atoms with Crippen LogP contribution in [0.25, 0.3) is 0 Å². The van der Waals surface area contributed by atoms with E-state index >= 15 is 0 Å². The van der Waals surface area contributed by atoms with E-state index in [1.807, 2.05) is 18.2 Å². The number of amides is 1. The molecule has 0 spiro atoms. The number of benzene rings is 1. The summed E-state index contributed by atoms with van der Waals surface area (Å²) in [6, 6.07) is 8.09. The van der Waals surface area contributed by atoms with E-state index < -0.39 is 0 Å². The van der Waals surface area contributed by atoms with Crippen molar-refractivity contribution in [3.8, 4) is 5.75 Å². The minimum absolute atomic E-state index is 0.00808. The first-order valence-corrected chi connectivity index (χ1v) is 11.7. The summed E-state index contributed by atoms with van der Waals surface area (Å²) in [5.41, 5.74) is 1.11. The van der Waals surface area contributed by atoms with Crippen molar-refractivity contribution >= 4 is 17.7 Å². The summed E-state index contributed by atoms with van der Waals surface area (Å²) in [4.78, 5) is 15.8. The molecular formula is C22H29N5O2S. The van der Waals surface area contributed by atoms with Gasteiger partial charge in [0.2, 0.25) is 11.1 Å². The number of rotatable bonds is 7. The molecule has 4 saturated carbocycles. The number of aromatic nitrogens is 3. The number of carbonyl (C=O) groups is 1. The number of nitrogens with two attached hydrogens (primary N) is 1. The van der Waals surface area contributed by atoms with Gasteiger partial charge in [0.1, 0.15) is 12.1 Å². The van der Waals surface area contributed by atoms with Crippen molar-refractivity contribution in [2.45, 2.75) is 55.8 Å². The zero-order valence-electron chi connectivity index (χ0n) is 17.4. The third-order valence-corrected chi connectivity index (χ3v) is 8.16. The molecule has 30 heavy (non-hydrogen) atoms. The van der Waals surface area contributed by atoms with Crippen LogP contribution in [0.15, 0.2) is 35.7 Å². The SMILES string of the molecule is COc1cccc(CN(C(=O)CSc2nncn2N)C23CC4CC(CC(C4)C2)C3)c1. The Bertz CT molecular complexity index is 894. The predicted molar refractivity (Wildman–Crippen MR) is 115 cm³/mol. The van der Waals surface area contributed by atoms with Crippen LogP contribution in [0.2, 0.25) is 0 Å². The number of hydrogen-bond acceptors (Lipinski definition) is 6. The molecule has 1 heterocycles. The van der Waals surface area contributed by atoms with E-state index in [1.54, 1.807) is 7.11 Å². The van der Waals surface area contributed by atoms with Gasteiger partial charge in [-0.05, 0) is 74.0 Å². The topological polar surface area (TPSA) is 86.3 Å². The van der Waals surface area contributed by atoms with Crippen LogP contribution < -0.4 is 10.6 Å². The highest BCUT2D eigenvalue weighted by Gasteiger charge is 2.54. The molecule has 6 rings (SSSR count). The van der Waals surface area contributed by atoms with Gasteiger partial charge < -0.3 is 15.5 Å². The molecule has 4 fully saturated rings. The lowest BCUT2D eigenvalue weighted by Crippen LogP contribution is -2.61. The largest absolute Gasteiger partial charge is 0.497 e. The average Bonchev–Trinajstić information content (AvgIpc) is 3.14. The Kier molecular flexibility index (Phi) is 5.13. The van der Waals surface area contributed by atoms with Crippen molar-refractivity contribution in [1.82, 2.24) is 19.8 Å². The Morgan fingerprint density at radius 1 is 1.27 bits per heavy atom. The summed E-state index contributed by atoms with van der Waals surface area (Å²) in [5, 5.41) is 8.39. The van der Waals surface area contributed by atoms with E-state index in [0.717, 1.165) is 48.3 Å². The number of ether oxygens (including phenoxy) is 1. The van der Waals surface area contributed by atoms with Crippen LogP contribution in [-0.4, -0.2) is 44.1 Å². The van der Waals surface area contributed by atoms with E-state index in [2.05, 4.69) is 21.2 Å². The van der Waals surface area contributed by atoms with Crippen molar-refractivity contribution in [1.29, 1.82) is 0 Å². The number of thioether (sulfide) groups is 1. The average molecular weight is 428 g/mol. The molecule has 0 atom stereocenters. The van der Waals surface area contributed by atoms with Gasteiger partial charge in [-0.2, -0.15) is 0 Å². The summed E-state index contributed by atoms with van der Waals surface area (Å²) in [6.07, 6.45) is 8.95. The molecule has 0 radical (unpaired) electrons. The minimum Gasteiger partial charge on any atom is -0.497 e. The summed E-state index contributed by atoms with van der Waals surface area (Å²) < 4.78 is 6.79. The second kappa shape index (κ2) is 7.80. The first kappa shape index (κ1) is 19.7. The molecule has 4 bridgehead atoms. The first-order valence-electron chi connectivity index (χ1n) is 10.8. The van der Waals surface area contributed by atoms with E-state index in [1.165, 1.54) is 42.0 Å². The van der Waals surface area contributed by atoms with Crippen molar-refractivity contribution in [2.24, 2.45) is 17.8 Å². The van der Waals surface area contributed by atoms with E-state index in [9.17, 15) is 4.79 Å². The van der Waals surface area contributed by atoms with Gasteiger partial charge in [0.05, 0.1) is 12.9 Å². The van der Waals surface area contributed by atoms with Crippen LogP contribution in [0.4, 0.5) is 0 Å². The molecule has 0 saturated heterocycles. The van der Waals surface area contributed by atoms with Gasteiger partial charge in [0.25, 0.3) is 0 Å². The zero-order valence-corrected chi connectivity index (χ0v) is 18.2. The predicted octanol–water partition coefficient (Wildman–Crippen LogP) is 3.09. The Morgan fingerprint density at radius 2 is 1.97 bits per heavy atom. The minimum atomic E-state index is -0.00808. The molecule has 7 nitrogen and oxygen atoms in total. The van der Waals surface area contributed by atoms with Crippen LogP contribution >= 0.6 is 11.8 Å². The second-order valence-corrected chi connectivity index (χ2v) is 10.2. The fourth-order valence-corrected chi connectivity index (χ4v) is 7.12. The highest BCUT2D eigenvalue weighted by Crippen LogP contribution is 2.58. The second-order valence-electron chi connectivity index (χ2n) is 9.28. The number of methoxy groups -OCH3 is 1. The van der Waals surface area contributed by atoms with Gasteiger partial charge in [0, 0.05) is 12.1 Å². The normalized spacial score (nSPS) is 29.2. The Hall–Kier alpha value is -2.22. The quantitative estimate of drug-likeness (QED) is 0.540. The molecule has 4 aliphatic carbocycles. The van der Waals surface area contributed by atoms with E-state index in [4.69, 9.17) is 10.6 Å². The molecule has 4 aliphatic rings. The summed E-state index contributed by atoms with van der Waals surface area (Å²) in [7, 11) is 1.68. The third kappa shape index (κ3) is 3.66. The molecule has 2 N–H and O–H groups in total. The van der Waals surface area contributed by atoms with Crippen molar-refractivity contribution in [3.63, 3.8) is 0 Å². The highest BCUT2D eigenvalue weighted by atomic mass is 32.2. The maximum Gasteiger partial charge on any atom is 0.233 e. The summed E-state index contributed by atoms with van der Waals surface area (Å²) in [5.74, 6) is 9.47. The maximum absolute atomic E-state index is 13.6. The summed E-state index contributed by atoms with van der Waals surface area (Å²) in [6.45, 7) is 0.623. The van der Waals surface area contributed by atoms with Gasteiger partial charge in [-0.3, -0.25) is 4.79 Å². The van der Waals surface area contributed by atoms with Crippen molar-refractivity contribution in [3.05, 3.63) is 36.2 Å². The fourth-order valence-electron chi connectivity index (χ4n) is 6.41. The third-order valence-electron chi connectivity index (χ3n) is 7.22. The zero-order chi connectivity index (χ0) is 20.7. The number of nitrogen functional groups attached to an aromatic ring is 1. The maximum atomic E-state index is 13.6. The van der Waals surface area contributed by atoms with Gasteiger partial charge >= 0.3 is 0 Å². The molecule has 160 valence electrons. The lowest BCUT2D eigenvalue weighted by molar-refractivity contribution is -0.149. The molecule has 0 aliphatic heterocycles. The first-order chi connectivity index (χ1) is 14.5. The van der Waals surface area contributed by atoms with E-state index in [0.29, 0.717) is 17.5 Å². The molecular weight excluding hydrogens is 398 g/mol. The molecule has 2 aromatic rings. The van der Waals surface area contributed by atoms with Crippen molar-refractivity contribution in [2.75, 3.05) is 18.7 Å². The number of carbonyl (C=O) groups excluding carboxylic acids is 1. The molecule has 8 heteroatoms. The standard InChI is InChI=1S/C22H29N5O2S/c1-29-19-4-2-3-15(8-19)12-26(20(28)13-30-21-25-24-14-27(21)23)22-9-16-5-17(10-22)7-18(6-16)11-22/h2-4,8,14,16-18H,5-7,9-13,23H2,1H3. The molecule has 1 amide bonds. The highest BCUT2D eigenvalue weighted by molar-refractivity contribution is 7.99. The number of nitrogens with zero attached hydrogens (tertiary/aromatic N) is 4. The molecule has 0 unspecified atom stereocenters. The Morgan fingerprint density at radius 3 is 2.57 bits per heavy atom. The van der Waals surface area contributed by atoms with E-state index in [-0.39, 0.29) is 11.4 Å². The van der Waals surface area contributed by atoms with Crippen LogP contribution in [0, 0.1) is 17.8 Å². The van der Waals surface area contributed by atoms with Crippen LogP contribution in [0.3, 0.4) is 0 Å². The lowest BCUT2D eigenvalue weighted by Gasteiger charge is -2.60. The van der Waals surface area contributed by atoms with Crippen molar-refractivity contribution < 1.29 is 9.53 Å². The lowest BCUT2D eigenvalue weighted by atomic mass is 9.52.